The Morgan fingerprint density at radius 1 is 1.42 bits per heavy atom. The van der Waals surface area contributed by atoms with Gasteiger partial charge in [-0.1, -0.05) is 12.1 Å². The average molecular weight is 357 g/mol. The highest BCUT2D eigenvalue weighted by Crippen LogP contribution is 2.35. The van der Waals surface area contributed by atoms with Gasteiger partial charge in [-0.15, -0.1) is 0 Å². The van der Waals surface area contributed by atoms with E-state index in [4.69, 9.17) is 9.47 Å². The first-order chi connectivity index (χ1) is 12.5. The van der Waals surface area contributed by atoms with Gasteiger partial charge in [0, 0.05) is 23.7 Å². The second-order valence-electron chi connectivity index (χ2n) is 6.53. The molecule has 138 valence electrons. The van der Waals surface area contributed by atoms with Crippen molar-refractivity contribution in [2.75, 3.05) is 20.3 Å². The van der Waals surface area contributed by atoms with Crippen LogP contribution in [-0.2, 0) is 17.6 Å². The van der Waals surface area contributed by atoms with E-state index < -0.39 is 0 Å². The van der Waals surface area contributed by atoms with Gasteiger partial charge in [0.2, 0.25) is 5.91 Å². The number of hydrogen-bond acceptors (Lipinski definition) is 5. The van der Waals surface area contributed by atoms with Gasteiger partial charge in [0.25, 0.3) is 5.56 Å². The summed E-state index contributed by atoms with van der Waals surface area (Å²) < 4.78 is 11.1. The third kappa shape index (κ3) is 3.87. The van der Waals surface area contributed by atoms with Crippen LogP contribution in [0.5, 0.6) is 11.5 Å². The van der Waals surface area contributed by atoms with E-state index in [2.05, 4.69) is 15.3 Å². The van der Waals surface area contributed by atoms with E-state index in [1.807, 2.05) is 18.2 Å². The molecule has 2 heterocycles. The monoisotopic (exact) mass is 357 g/mol. The largest absolute Gasteiger partial charge is 0.493 e. The third-order valence-corrected chi connectivity index (χ3v) is 4.52. The highest BCUT2D eigenvalue weighted by Gasteiger charge is 2.23. The van der Waals surface area contributed by atoms with E-state index in [0.29, 0.717) is 30.2 Å². The first-order valence-corrected chi connectivity index (χ1v) is 8.59. The summed E-state index contributed by atoms with van der Waals surface area (Å²) >= 11 is 0. The highest BCUT2D eigenvalue weighted by atomic mass is 16.5. The van der Waals surface area contributed by atoms with Gasteiger partial charge in [0.1, 0.15) is 5.82 Å². The van der Waals surface area contributed by atoms with Gasteiger partial charge in [-0.05, 0) is 31.9 Å². The van der Waals surface area contributed by atoms with Crippen LogP contribution in [0, 0.1) is 19.8 Å². The number of nitrogens with zero attached hydrogens (tertiary/aromatic N) is 1. The van der Waals surface area contributed by atoms with Gasteiger partial charge in [0.15, 0.2) is 11.5 Å². The summed E-state index contributed by atoms with van der Waals surface area (Å²) in [4.78, 5) is 31.1. The van der Waals surface area contributed by atoms with Crippen molar-refractivity contribution in [3.63, 3.8) is 0 Å². The van der Waals surface area contributed by atoms with Gasteiger partial charge in [-0.2, -0.15) is 0 Å². The molecule has 0 bridgehead atoms. The molecule has 1 atom stereocenters. The number of rotatable bonds is 5. The maximum atomic E-state index is 12.2. The van der Waals surface area contributed by atoms with Crippen LogP contribution in [0.15, 0.2) is 23.0 Å². The van der Waals surface area contributed by atoms with E-state index in [-0.39, 0.29) is 23.8 Å². The van der Waals surface area contributed by atoms with Crippen LogP contribution in [0.2, 0.25) is 0 Å². The van der Waals surface area contributed by atoms with Gasteiger partial charge < -0.3 is 19.8 Å². The van der Waals surface area contributed by atoms with Crippen molar-refractivity contribution in [1.29, 1.82) is 0 Å². The number of ether oxygens (including phenoxy) is 2. The van der Waals surface area contributed by atoms with Crippen molar-refractivity contribution < 1.29 is 14.3 Å². The number of H-pyrrole nitrogens is 1. The Hall–Kier alpha value is -2.83. The van der Waals surface area contributed by atoms with Crippen molar-refractivity contribution in [1.82, 2.24) is 15.3 Å². The van der Waals surface area contributed by atoms with Gasteiger partial charge in [-0.3, -0.25) is 9.59 Å². The molecule has 0 unspecified atom stereocenters. The lowest BCUT2D eigenvalue weighted by Crippen LogP contribution is -2.36. The number of para-hydroxylation sites is 1. The molecule has 1 aromatic carbocycles. The van der Waals surface area contributed by atoms with E-state index in [1.165, 1.54) is 0 Å². The molecule has 1 aromatic heterocycles. The molecule has 0 saturated carbocycles. The number of benzene rings is 1. The quantitative estimate of drug-likeness (QED) is 0.841. The molecule has 7 heteroatoms. The Kier molecular flexibility index (Phi) is 5.25. The number of carbonyl (C=O) groups excluding carboxylic acids is 1. The van der Waals surface area contributed by atoms with Crippen LogP contribution in [0.1, 0.15) is 22.6 Å². The molecule has 1 aliphatic rings. The van der Waals surface area contributed by atoms with E-state index in [9.17, 15) is 9.59 Å². The minimum Gasteiger partial charge on any atom is -0.493 e. The number of aromatic nitrogens is 2. The van der Waals surface area contributed by atoms with Gasteiger partial charge in [0.05, 0.1) is 20.1 Å². The number of fused-ring (bicyclic) bond motifs is 1. The van der Waals surface area contributed by atoms with Crippen molar-refractivity contribution in [2.45, 2.75) is 26.7 Å². The molecule has 0 radical (unpaired) electrons. The summed E-state index contributed by atoms with van der Waals surface area (Å²) in [6, 6.07) is 5.81. The summed E-state index contributed by atoms with van der Waals surface area (Å²) in [5, 5.41) is 2.90. The number of carbonyl (C=O) groups is 1. The lowest BCUT2D eigenvalue weighted by atomic mass is 9.96. The first kappa shape index (κ1) is 18.0. The molecule has 7 nitrogen and oxygen atoms in total. The number of amides is 1. The molecule has 0 fully saturated rings. The molecular formula is C19H23N3O4. The molecule has 26 heavy (non-hydrogen) atoms. The number of hydrogen-bond donors (Lipinski definition) is 2. The normalized spacial score (nSPS) is 15.7. The molecular weight excluding hydrogens is 334 g/mol. The molecule has 1 amide bonds. The molecule has 0 spiro atoms. The van der Waals surface area contributed by atoms with Crippen LogP contribution >= 0.6 is 0 Å². The fourth-order valence-electron chi connectivity index (χ4n) is 3.19. The Labute approximate surface area is 151 Å². The lowest BCUT2D eigenvalue weighted by molar-refractivity contribution is -0.120. The zero-order valence-electron chi connectivity index (χ0n) is 15.2. The van der Waals surface area contributed by atoms with Crippen molar-refractivity contribution >= 4 is 5.91 Å². The van der Waals surface area contributed by atoms with Crippen LogP contribution in [0.25, 0.3) is 0 Å². The second kappa shape index (κ2) is 7.59. The van der Waals surface area contributed by atoms with E-state index >= 15 is 0 Å². The Bertz CT molecular complexity index is 876. The summed E-state index contributed by atoms with van der Waals surface area (Å²) in [5.41, 5.74) is 1.81. The van der Waals surface area contributed by atoms with E-state index in [1.54, 1.807) is 21.0 Å². The fraction of sp³-hybridized carbons (Fsp3) is 0.421. The minimum absolute atomic E-state index is 0.0203. The lowest BCUT2D eigenvalue weighted by Gasteiger charge is -2.26. The van der Waals surface area contributed by atoms with Crippen LogP contribution in [0.4, 0.5) is 0 Å². The van der Waals surface area contributed by atoms with Crippen LogP contribution in [0.3, 0.4) is 0 Å². The molecule has 0 aliphatic carbocycles. The Balaban J connectivity index is 1.58. The second-order valence-corrected chi connectivity index (χ2v) is 6.53. The molecule has 2 aromatic rings. The molecule has 1 aliphatic heterocycles. The average Bonchev–Trinajstić information content (AvgIpc) is 2.62. The predicted octanol–water partition coefficient (Wildman–Crippen LogP) is 1.31. The fourth-order valence-corrected chi connectivity index (χ4v) is 3.19. The maximum Gasteiger partial charge on any atom is 0.254 e. The third-order valence-electron chi connectivity index (χ3n) is 4.52. The maximum absolute atomic E-state index is 12.2. The molecule has 3 rings (SSSR count). The predicted molar refractivity (Wildman–Crippen MR) is 96.7 cm³/mol. The summed E-state index contributed by atoms with van der Waals surface area (Å²) in [7, 11) is 1.62. The smallest absolute Gasteiger partial charge is 0.254 e. The Morgan fingerprint density at radius 3 is 2.96 bits per heavy atom. The highest BCUT2D eigenvalue weighted by molar-refractivity contribution is 5.78. The number of nitrogens with one attached hydrogen (secondary N) is 2. The zero-order chi connectivity index (χ0) is 18.7. The Morgan fingerprint density at radius 2 is 2.23 bits per heavy atom. The number of methoxy groups -OCH3 is 1. The van der Waals surface area contributed by atoms with Gasteiger partial charge >= 0.3 is 0 Å². The molecule has 2 N–H and O–H groups in total. The topological polar surface area (TPSA) is 93.3 Å². The SMILES string of the molecule is COc1cccc2c1OC[C@H](CNC(=O)Cc1c(C)nc(C)[nH]c1=O)C2. The first-order valence-electron chi connectivity index (χ1n) is 8.59. The van der Waals surface area contributed by atoms with Crippen LogP contribution < -0.4 is 20.3 Å². The summed E-state index contributed by atoms with van der Waals surface area (Å²) in [5.74, 6) is 2.04. The summed E-state index contributed by atoms with van der Waals surface area (Å²) in [6.07, 6.45) is 0.824. The number of aromatic amines is 1. The van der Waals surface area contributed by atoms with Gasteiger partial charge in [-0.25, -0.2) is 4.98 Å². The van der Waals surface area contributed by atoms with Crippen molar-refractivity contribution in [3.05, 3.63) is 51.2 Å². The van der Waals surface area contributed by atoms with Crippen molar-refractivity contribution in [3.8, 4) is 11.5 Å². The summed E-state index contributed by atoms with van der Waals surface area (Å²) in [6.45, 7) is 4.46. The molecule has 0 saturated heterocycles. The van der Waals surface area contributed by atoms with E-state index in [0.717, 1.165) is 23.5 Å². The minimum atomic E-state index is -0.257. The number of aryl methyl sites for hydroxylation is 2. The van der Waals surface area contributed by atoms with Crippen LogP contribution in [-0.4, -0.2) is 36.1 Å². The zero-order valence-corrected chi connectivity index (χ0v) is 15.2. The standard InChI is InChI=1S/C19H23N3O4/c1-11-15(19(24)22-12(2)21-11)8-17(23)20-9-13-7-14-5-4-6-16(25-3)18(14)26-10-13/h4-6,13H,7-10H2,1-3H3,(H,20,23)(H,21,22,24)/t13-/m0/s1. The van der Waals surface area contributed by atoms with Crippen molar-refractivity contribution in [2.24, 2.45) is 5.92 Å².